The molecule has 1 saturated heterocycles. The van der Waals surface area contributed by atoms with Gasteiger partial charge < -0.3 is 9.80 Å². The number of nitrogens with zero attached hydrogens (tertiary/aromatic N) is 3. The number of nitro benzene ring substituents is 1. The van der Waals surface area contributed by atoms with Gasteiger partial charge in [0.05, 0.1) is 16.7 Å². The fourth-order valence-electron chi connectivity index (χ4n) is 3.60. The first-order valence-corrected chi connectivity index (χ1v) is 11.9. The molecular weight excluding hydrogens is 446 g/mol. The first-order valence-electron chi connectivity index (χ1n) is 9.18. The monoisotopic (exact) mass is 467 g/mol. The predicted molar refractivity (Wildman–Crippen MR) is 113 cm³/mol. The standard InChI is InChI=1S/C19H21N3O7S2/c1-20-15(11-12-7-6-10-30-12)18(23)21(2)16(19(20)24)17(29-31(3,27)28)13-8-4-5-9-14(13)22(25)26/h4-10,15-17H,11H2,1-3H3. The van der Waals surface area contributed by atoms with E-state index in [0.717, 1.165) is 16.0 Å². The van der Waals surface area contributed by atoms with Crippen LogP contribution in [-0.4, -0.2) is 67.4 Å². The zero-order valence-electron chi connectivity index (χ0n) is 17.0. The average Bonchev–Trinajstić information content (AvgIpc) is 3.21. The normalized spacial score (nSPS) is 20.7. The van der Waals surface area contributed by atoms with Gasteiger partial charge in [0.2, 0.25) is 11.8 Å². The summed E-state index contributed by atoms with van der Waals surface area (Å²) in [7, 11) is -1.31. The van der Waals surface area contributed by atoms with Crippen LogP contribution in [0.2, 0.25) is 0 Å². The van der Waals surface area contributed by atoms with Crippen molar-refractivity contribution >= 4 is 39.0 Å². The lowest BCUT2D eigenvalue weighted by atomic mass is 9.94. The zero-order valence-corrected chi connectivity index (χ0v) is 18.6. The number of thiophene rings is 1. The van der Waals surface area contributed by atoms with E-state index in [4.69, 9.17) is 4.18 Å². The van der Waals surface area contributed by atoms with Crippen molar-refractivity contribution in [2.24, 2.45) is 0 Å². The molecule has 2 amide bonds. The molecule has 0 spiro atoms. The van der Waals surface area contributed by atoms with Gasteiger partial charge in [0.1, 0.15) is 18.2 Å². The largest absolute Gasteiger partial charge is 0.331 e. The molecule has 2 aromatic rings. The number of nitro groups is 1. The minimum atomic E-state index is -4.13. The fourth-order valence-corrected chi connectivity index (χ4v) is 4.93. The smallest absolute Gasteiger partial charge is 0.275 e. The molecule has 12 heteroatoms. The highest BCUT2D eigenvalue weighted by Crippen LogP contribution is 2.36. The molecule has 1 fully saturated rings. The van der Waals surface area contributed by atoms with Crippen LogP contribution in [0.4, 0.5) is 5.69 Å². The quantitative estimate of drug-likeness (QED) is 0.344. The molecule has 2 heterocycles. The van der Waals surface area contributed by atoms with Gasteiger partial charge in [-0.25, -0.2) is 0 Å². The van der Waals surface area contributed by atoms with E-state index in [2.05, 4.69) is 0 Å². The Morgan fingerprint density at radius 1 is 1.13 bits per heavy atom. The number of amides is 2. The maximum atomic E-state index is 13.3. The van der Waals surface area contributed by atoms with Crippen LogP contribution in [0.25, 0.3) is 0 Å². The van der Waals surface area contributed by atoms with Crippen molar-refractivity contribution in [3.8, 4) is 0 Å². The van der Waals surface area contributed by atoms with Crippen LogP contribution in [0.15, 0.2) is 41.8 Å². The Morgan fingerprint density at radius 2 is 1.81 bits per heavy atom. The van der Waals surface area contributed by atoms with E-state index in [1.807, 2.05) is 17.5 Å². The Kier molecular flexibility index (Phi) is 6.43. The minimum absolute atomic E-state index is 0.110. The SMILES string of the molecule is CN1C(=O)C(C(OS(C)(=O)=O)c2ccccc2[N+](=O)[O-])N(C)C(=O)C1Cc1cccs1. The van der Waals surface area contributed by atoms with Crippen molar-refractivity contribution in [2.45, 2.75) is 24.6 Å². The summed E-state index contributed by atoms with van der Waals surface area (Å²) in [6.07, 6.45) is -0.491. The Labute approximate surface area is 183 Å². The van der Waals surface area contributed by atoms with E-state index in [1.54, 1.807) is 0 Å². The number of hydrogen-bond donors (Lipinski definition) is 0. The molecule has 3 atom stereocenters. The van der Waals surface area contributed by atoms with E-state index >= 15 is 0 Å². The lowest BCUT2D eigenvalue weighted by Crippen LogP contribution is -2.64. The highest BCUT2D eigenvalue weighted by Gasteiger charge is 2.49. The Morgan fingerprint density at radius 3 is 2.39 bits per heavy atom. The first-order chi connectivity index (χ1) is 14.5. The van der Waals surface area contributed by atoms with Crippen LogP contribution >= 0.6 is 11.3 Å². The van der Waals surface area contributed by atoms with Gasteiger partial charge in [-0.15, -0.1) is 11.3 Å². The van der Waals surface area contributed by atoms with Crippen LogP contribution in [0, 0.1) is 10.1 Å². The zero-order chi connectivity index (χ0) is 22.9. The van der Waals surface area contributed by atoms with Crippen molar-refractivity contribution in [1.29, 1.82) is 0 Å². The van der Waals surface area contributed by atoms with Crippen LogP contribution < -0.4 is 0 Å². The molecule has 1 aromatic heterocycles. The van der Waals surface area contributed by atoms with Crippen LogP contribution in [0.5, 0.6) is 0 Å². The topological polar surface area (TPSA) is 127 Å². The van der Waals surface area contributed by atoms with E-state index < -0.39 is 50.7 Å². The van der Waals surface area contributed by atoms with Gasteiger partial charge in [0.25, 0.3) is 15.8 Å². The maximum Gasteiger partial charge on any atom is 0.275 e. The number of piperazine rings is 1. The van der Waals surface area contributed by atoms with Crippen molar-refractivity contribution in [3.05, 3.63) is 62.3 Å². The molecule has 10 nitrogen and oxygen atoms in total. The molecule has 0 radical (unpaired) electrons. The fraction of sp³-hybridized carbons (Fsp3) is 0.368. The summed E-state index contributed by atoms with van der Waals surface area (Å²) < 4.78 is 29.1. The molecule has 1 aromatic carbocycles. The summed E-state index contributed by atoms with van der Waals surface area (Å²) in [6.45, 7) is 0. The predicted octanol–water partition coefficient (Wildman–Crippen LogP) is 1.58. The van der Waals surface area contributed by atoms with Gasteiger partial charge in [0, 0.05) is 31.5 Å². The van der Waals surface area contributed by atoms with Crippen molar-refractivity contribution in [3.63, 3.8) is 0 Å². The van der Waals surface area contributed by atoms with Gasteiger partial charge in [-0.1, -0.05) is 18.2 Å². The highest BCUT2D eigenvalue weighted by atomic mass is 32.2. The summed E-state index contributed by atoms with van der Waals surface area (Å²) in [6, 6.07) is 6.91. The Bertz CT molecular complexity index is 1100. The number of hydrogen-bond acceptors (Lipinski definition) is 8. The number of benzene rings is 1. The van der Waals surface area contributed by atoms with Gasteiger partial charge in [0.15, 0.2) is 0 Å². The lowest BCUT2D eigenvalue weighted by molar-refractivity contribution is -0.386. The molecule has 0 bridgehead atoms. The first kappa shape index (κ1) is 22.8. The average molecular weight is 468 g/mol. The molecule has 0 N–H and O–H groups in total. The Balaban J connectivity index is 2.05. The third kappa shape index (κ3) is 4.75. The van der Waals surface area contributed by atoms with Crippen LogP contribution in [-0.2, 0) is 30.3 Å². The molecule has 3 rings (SSSR count). The molecule has 0 aliphatic carbocycles. The third-order valence-electron chi connectivity index (χ3n) is 5.10. The van der Waals surface area contributed by atoms with E-state index in [9.17, 15) is 28.1 Å². The van der Waals surface area contributed by atoms with Gasteiger partial charge in [-0.3, -0.25) is 23.9 Å². The number of carbonyl (C=O) groups is 2. The summed E-state index contributed by atoms with van der Waals surface area (Å²) >= 11 is 1.45. The number of likely N-dealkylation sites (N-methyl/N-ethyl adjacent to an activating group) is 2. The van der Waals surface area contributed by atoms with Gasteiger partial charge in [-0.2, -0.15) is 8.42 Å². The summed E-state index contributed by atoms with van der Waals surface area (Å²) in [5.41, 5.74) is -0.519. The van der Waals surface area contributed by atoms with Gasteiger partial charge >= 0.3 is 0 Å². The molecule has 31 heavy (non-hydrogen) atoms. The number of carbonyl (C=O) groups excluding carboxylic acids is 2. The molecule has 166 valence electrons. The second-order valence-corrected chi connectivity index (χ2v) is 9.81. The molecular formula is C19H21N3O7S2. The summed E-state index contributed by atoms with van der Waals surface area (Å²) in [5, 5.41) is 13.4. The number of rotatable bonds is 7. The second-order valence-electron chi connectivity index (χ2n) is 7.18. The van der Waals surface area contributed by atoms with E-state index in [-0.39, 0.29) is 5.56 Å². The molecule has 1 aliphatic heterocycles. The molecule has 3 unspecified atom stereocenters. The molecule has 1 aliphatic rings. The lowest BCUT2D eigenvalue weighted by Gasteiger charge is -2.44. The van der Waals surface area contributed by atoms with Crippen molar-refractivity contribution < 1.29 is 27.1 Å². The Hall–Kier alpha value is -2.83. The van der Waals surface area contributed by atoms with Crippen molar-refractivity contribution in [1.82, 2.24) is 9.80 Å². The van der Waals surface area contributed by atoms with E-state index in [1.165, 1.54) is 54.6 Å². The van der Waals surface area contributed by atoms with Crippen LogP contribution in [0.3, 0.4) is 0 Å². The molecule has 0 saturated carbocycles. The summed E-state index contributed by atoms with van der Waals surface area (Å²) in [5.74, 6) is -0.989. The maximum absolute atomic E-state index is 13.3. The highest BCUT2D eigenvalue weighted by molar-refractivity contribution is 7.86. The van der Waals surface area contributed by atoms with Crippen molar-refractivity contribution in [2.75, 3.05) is 20.4 Å². The van der Waals surface area contributed by atoms with Gasteiger partial charge in [-0.05, 0) is 17.5 Å². The second kappa shape index (κ2) is 8.73. The third-order valence-corrected chi connectivity index (χ3v) is 6.55. The number of para-hydroxylation sites is 1. The summed E-state index contributed by atoms with van der Waals surface area (Å²) in [4.78, 5) is 40.5. The minimum Gasteiger partial charge on any atom is -0.331 e. The van der Waals surface area contributed by atoms with E-state index in [0.29, 0.717) is 6.42 Å². The van der Waals surface area contributed by atoms with Crippen LogP contribution in [0.1, 0.15) is 16.5 Å².